The van der Waals surface area contributed by atoms with Gasteiger partial charge in [-0.1, -0.05) is 35.7 Å². The van der Waals surface area contributed by atoms with Gasteiger partial charge in [-0.2, -0.15) is 5.10 Å². The van der Waals surface area contributed by atoms with Crippen molar-refractivity contribution in [1.82, 2.24) is 15.1 Å². The van der Waals surface area contributed by atoms with E-state index in [1.165, 1.54) is 17.9 Å². The van der Waals surface area contributed by atoms with Crippen LogP contribution in [-0.2, 0) is 13.1 Å². The Labute approximate surface area is 160 Å². The largest absolute Gasteiger partial charge is 0.496 e. The number of benzene rings is 2. The first-order chi connectivity index (χ1) is 13.0. The molecule has 7 heteroatoms. The van der Waals surface area contributed by atoms with E-state index in [0.717, 1.165) is 0 Å². The lowest BCUT2D eigenvalue weighted by Crippen LogP contribution is -2.28. The topological polar surface area (TPSA) is 73.2 Å². The van der Waals surface area contributed by atoms with Crippen LogP contribution in [-0.4, -0.2) is 22.8 Å². The average Bonchev–Trinajstić information content (AvgIpc) is 2.69. The Balaban J connectivity index is 1.95. The van der Waals surface area contributed by atoms with Crippen LogP contribution in [0.25, 0.3) is 10.8 Å². The van der Waals surface area contributed by atoms with Gasteiger partial charge in [-0.3, -0.25) is 9.59 Å². The summed E-state index contributed by atoms with van der Waals surface area (Å²) in [6.45, 7) is 0.159. The lowest BCUT2D eigenvalue weighted by atomic mass is 10.1. The normalized spacial score (nSPS) is 10.4. The molecule has 3 rings (SSSR count). The first-order valence-corrected chi connectivity index (χ1v) is 8.47. The molecule has 0 bridgehead atoms. The minimum atomic E-state index is -0.366. The molecule has 1 aromatic heterocycles. The van der Waals surface area contributed by atoms with Crippen LogP contribution in [0.15, 0.2) is 47.3 Å². The number of rotatable bonds is 5. The Bertz CT molecular complexity index is 1120. The summed E-state index contributed by atoms with van der Waals surface area (Å²) in [5.41, 5.74) is 0.580. The second-order valence-electron chi connectivity index (χ2n) is 5.69. The van der Waals surface area contributed by atoms with Crippen molar-refractivity contribution in [2.24, 2.45) is 0 Å². The number of halogens is 1. The zero-order chi connectivity index (χ0) is 19.4. The van der Waals surface area contributed by atoms with E-state index in [4.69, 9.17) is 22.8 Å². The number of hydrogen-bond donors (Lipinski definition) is 1. The lowest BCUT2D eigenvalue weighted by Gasteiger charge is -2.12. The van der Waals surface area contributed by atoms with Crippen LogP contribution in [0.4, 0.5) is 0 Å². The van der Waals surface area contributed by atoms with Gasteiger partial charge in [0.15, 0.2) is 0 Å². The highest BCUT2D eigenvalue weighted by Crippen LogP contribution is 2.22. The number of carbonyl (C=O) groups is 1. The number of amides is 1. The number of nitrogens with zero attached hydrogens (tertiary/aromatic N) is 2. The number of nitrogens with one attached hydrogen (secondary N) is 1. The molecule has 136 valence electrons. The minimum absolute atomic E-state index is 0.0483. The maximum Gasteiger partial charge on any atom is 0.275 e. The van der Waals surface area contributed by atoms with Gasteiger partial charge in [-0.25, -0.2) is 4.68 Å². The molecular formula is C20H16ClN3O3. The molecular weight excluding hydrogens is 366 g/mol. The Morgan fingerprint density at radius 2 is 2.04 bits per heavy atom. The van der Waals surface area contributed by atoms with E-state index in [0.29, 0.717) is 32.8 Å². The average molecular weight is 382 g/mol. The Morgan fingerprint density at radius 3 is 2.74 bits per heavy atom. The SMILES string of the molecule is C#CCn1nc(CNC(=O)c2cc(Cl)ccc2OC)c2ccccc2c1=O. The van der Waals surface area contributed by atoms with Crippen LogP contribution >= 0.6 is 11.6 Å². The van der Waals surface area contributed by atoms with Crippen molar-refractivity contribution in [2.45, 2.75) is 13.1 Å². The highest BCUT2D eigenvalue weighted by Gasteiger charge is 2.15. The van der Waals surface area contributed by atoms with E-state index in [-0.39, 0.29) is 24.6 Å². The van der Waals surface area contributed by atoms with Crippen LogP contribution < -0.4 is 15.6 Å². The molecule has 1 heterocycles. The molecule has 0 unspecified atom stereocenters. The van der Waals surface area contributed by atoms with Gasteiger partial charge in [0.1, 0.15) is 12.3 Å². The Hall–Kier alpha value is -3.30. The summed E-state index contributed by atoms with van der Waals surface area (Å²) in [6.07, 6.45) is 5.32. The van der Waals surface area contributed by atoms with Gasteiger partial charge in [-0.15, -0.1) is 6.42 Å². The van der Waals surface area contributed by atoms with Crippen molar-refractivity contribution >= 4 is 28.3 Å². The fourth-order valence-electron chi connectivity index (χ4n) is 2.75. The third-order valence-electron chi connectivity index (χ3n) is 4.01. The van der Waals surface area contributed by atoms with Crippen molar-refractivity contribution < 1.29 is 9.53 Å². The summed E-state index contributed by atoms with van der Waals surface area (Å²) >= 11 is 5.98. The zero-order valence-corrected chi connectivity index (χ0v) is 15.3. The first kappa shape index (κ1) is 18.5. The molecule has 1 amide bonds. The molecule has 0 atom stereocenters. The molecule has 0 saturated heterocycles. The number of terminal acetylenes is 1. The second kappa shape index (κ2) is 7.94. The molecule has 0 spiro atoms. The third kappa shape index (κ3) is 3.78. The summed E-state index contributed by atoms with van der Waals surface area (Å²) in [6, 6.07) is 11.9. The van der Waals surface area contributed by atoms with Crippen molar-refractivity contribution in [1.29, 1.82) is 0 Å². The van der Waals surface area contributed by atoms with E-state index < -0.39 is 0 Å². The van der Waals surface area contributed by atoms with Crippen LogP contribution in [0.3, 0.4) is 0 Å². The van der Waals surface area contributed by atoms with Gasteiger partial charge in [0.05, 0.1) is 30.3 Å². The summed E-state index contributed by atoms with van der Waals surface area (Å²) < 4.78 is 6.42. The summed E-state index contributed by atoms with van der Waals surface area (Å²) in [7, 11) is 1.48. The maximum absolute atomic E-state index is 12.6. The number of fused-ring (bicyclic) bond motifs is 1. The van der Waals surface area contributed by atoms with Crippen LogP contribution in [0.2, 0.25) is 5.02 Å². The summed E-state index contributed by atoms with van der Waals surface area (Å²) in [5.74, 6) is 2.45. The van der Waals surface area contributed by atoms with Gasteiger partial charge in [0.25, 0.3) is 11.5 Å². The first-order valence-electron chi connectivity index (χ1n) is 8.09. The molecule has 0 fully saturated rings. The van der Waals surface area contributed by atoms with E-state index >= 15 is 0 Å². The quantitative estimate of drug-likeness (QED) is 0.689. The monoisotopic (exact) mass is 381 g/mol. The molecule has 6 nitrogen and oxygen atoms in total. The van der Waals surface area contributed by atoms with Crippen molar-refractivity contribution in [3.05, 3.63) is 69.1 Å². The van der Waals surface area contributed by atoms with Gasteiger partial charge in [0, 0.05) is 10.4 Å². The van der Waals surface area contributed by atoms with E-state index in [2.05, 4.69) is 16.3 Å². The Morgan fingerprint density at radius 1 is 1.30 bits per heavy atom. The molecule has 0 radical (unpaired) electrons. The molecule has 1 N–H and O–H groups in total. The second-order valence-corrected chi connectivity index (χ2v) is 6.12. The zero-order valence-electron chi connectivity index (χ0n) is 14.5. The highest BCUT2D eigenvalue weighted by atomic mass is 35.5. The minimum Gasteiger partial charge on any atom is -0.496 e. The molecule has 0 aliphatic rings. The molecule has 0 saturated carbocycles. The van der Waals surface area contributed by atoms with Gasteiger partial charge in [-0.05, 0) is 24.3 Å². The molecule has 3 aromatic rings. The standard InChI is InChI=1S/C20H16ClN3O3/c1-3-10-24-20(26)15-7-5-4-6-14(15)17(23-24)12-22-19(25)16-11-13(21)8-9-18(16)27-2/h1,4-9,11H,10,12H2,2H3,(H,22,25). The highest BCUT2D eigenvalue weighted by molar-refractivity contribution is 6.31. The van der Waals surface area contributed by atoms with Crippen LogP contribution in [0.5, 0.6) is 5.75 Å². The van der Waals surface area contributed by atoms with Crippen molar-refractivity contribution in [2.75, 3.05) is 7.11 Å². The predicted octanol–water partition coefficient (Wildman–Crippen LogP) is 2.62. The van der Waals surface area contributed by atoms with Crippen molar-refractivity contribution in [3.63, 3.8) is 0 Å². The van der Waals surface area contributed by atoms with E-state index in [1.54, 1.807) is 36.4 Å². The number of ether oxygens (including phenoxy) is 1. The van der Waals surface area contributed by atoms with Crippen LogP contribution in [0.1, 0.15) is 16.1 Å². The Kier molecular flexibility index (Phi) is 5.43. The lowest BCUT2D eigenvalue weighted by molar-refractivity contribution is 0.0947. The molecule has 27 heavy (non-hydrogen) atoms. The number of carbonyl (C=O) groups excluding carboxylic acids is 1. The molecule has 0 aliphatic carbocycles. The number of aromatic nitrogens is 2. The summed E-state index contributed by atoms with van der Waals surface area (Å²) in [4.78, 5) is 25.0. The molecule has 0 aliphatic heterocycles. The van der Waals surface area contributed by atoms with Gasteiger partial charge >= 0.3 is 0 Å². The predicted molar refractivity (Wildman–Crippen MR) is 104 cm³/mol. The van der Waals surface area contributed by atoms with Crippen LogP contribution in [0, 0.1) is 12.3 Å². The maximum atomic E-state index is 12.6. The fourth-order valence-corrected chi connectivity index (χ4v) is 2.92. The van der Waals surface area contributed by atoms with Crippen molar-refractivity contribution in [3.8, 4) is 18.1 Å². The number of methoxy groups -OCH3 is 1. The van der Waals surface area contributed by atoms with Gasteiger partial charge in [0.2, 0.25) is 0 Å². The fraction of sp³-hybridized carbons (Fsp3) is 0.150. The van der Waals surface area contributed by atoms with E-state index in [1.807, 2.05) is 0 Å². The van der Waals surface area contributed by atoms with E-state index in [9.17, 15) is 9.59 Å². The number of hydrogen-bond acceptors (Lipinski definition) is 4. The molecule has 2 aromatic carbocycles. The third-order valence-corrected chi connectivity index (χ3v) is 4.24. The summed E-state index contributed by atoms with van der Waals surface area (Å²) in [5, 5.41) is 8.67. The smallest absolute Gasteiger partial charge is 0.275 e. The van der Waals surface area contributed by atoms with Gasteiger partial charge < -0.3 is 10.1 Å².